The van der Waals surface area contributed by atoms with Gasteiger partial charge in [0.25, 0.3) is 0 Å². The van der Waals surface area contributed by atoms with Gasteiger partial charge in [-0.1, -0.05) is 17.7 Å². The van der Waals surface area contributed by atoms with Gasteiger partial charge in [0.05, 0.1) is 24.8 Å². The van der Waals surface area contributed by atoms with Crippen molar-refractivity contribution in [3.63, 3.8) is 0 Å². The zero-order chi connectivity index (χ0) is 14.5. The SMILES string of the molecule is Clc1cc(CCCN2CCOCC2)ccc1OCC1CC1. The number of ether oxygens (including phenoxy) is 2. The molecule has 0 N–H and O–H groups in total. The lowest BCUT2D eigenvalue weighted by Gasteiger charge is -2.26. The molecule has 3 rings (SSSR count). The molecule has 0 bridgehead atoms. The maximum atomic E-state index is 6.31. The molecule has 0 aromatic heterocycles. The molecule has 0 unspecified atom stereocenters. The third-order valence-corrected chi connectivity index (χ3v) is 4.51. The van der Waals surface area contributed by atoms with Gasteiger partial charge in [0.15, 0.2) is 0 Å². The molecule has 21 heavy (non-hydrogen) atoms. The summed E-state index contributed by atoms with van der Waals surface area (Å²) >= 11 is 6.31. The standard InChI is InChI=1S/C17H24ClNO2/c18-16-12-14(2-1-7-19-8-10-20-11-9-19)5-6-17(16)21-13-15-3-4-15/h5-6,12,15H,1-4,7-11,13H2. The van der Waals surface area contributed by atoms with Crippen molar-refractivity contribution in [2.75, 3.05) is 39.5 Å². The fourth-order valence-corrected chi connectivity index (χ4v) is 2.90. The third kappa shape index (κ3) is 4.87. The monoisotopic (exact) mass is 309 g/mol. The number of hydrogen-bond acceptors (Lipinski definition) is 3. The largest absolute Gasteiger partial charge is 0.492 e. The summed E-state index contributed by atoms with van der Waals surface area (Å²) in [5.41, 5.74) is 1.30. The minimum atomic E-state index is 0.750. The first-order valence-corrected chi connectivity index (χ1v) is 8.40. The maximum absolute atomic E-state index is 6.31. The van der Waals surface area contributed by atoms with Gasteiger partial charge in [0, 0.05) is 13.1 Å². The lowest BCUT2D eigenvalue weighted by Crippen LogP contribution is -2.36. The van der Waals surface area contributed by atoms with E-state index in [1.54, 1.807) is 0 Å². The molecule has 1 aromatic carbocycles. The minimum absolute atomic E-state index is 0.750. The molecular formula is C17H24ClNO2. The topological polar surface area (TPSA) is 21.7 Å². The predicted molar refractivity (Wildman–Crippen MR) is 85.3 cm³/mol. The Morgan fingerprint density at radius 2 is 2.05 bits per heavy atom. The van der Waals surface area contributed by atoms with Crippen LogP contribution in [0.4, 0.5) is 0 Å². The second-order valence-corrected chi connectivity index (χ2v) is 6.48. The molecule has 4 heteroatoms. The van der Waals surface area contributed by atoms with Crippen molar-refractivity contribution >= 4 is 11.6 Å². The molecule has 0 spiro atoms. The zero-order valence-corrected chi connectivity index (χ0v) is 13.3. The van der Waals surface area contributed by atoms with Gasteiger partial charge in [-0.3, -0.25) is 4.90 Å². The summed E-state index contributed by atoms with van der Waals surface area (Å²) in [5, 5.41) is 0.750. The molecule has 0 amide bonds. The average Bonchev–Trinajstić information content (AvgIpc) is 3.32. The molecule has 1 saturated heterocycles. The summed E-state index contributed by atoms with van der Waals surface area (Å²) in [6, 6.07) is 6.23. The highest BCUT2D eigenvalue weighted by Gasteiger charge is 2.22. The van der Waals surface area contributed by atoms with Gasteiger partial charge < -0.3 is 9.47 Å². The van der Waals surface area contributed by atoms with Crippen molar-refractivity contribution in [2.45, 2.75) is 25.7 Å². The first-order valence-electron chi connectivity index (χ1n) is 8.02. The summed E-state index contributed by atoms with van der Waals surface area (Å²) in [6.45, 7) is 5.83. The van der Waals surface area contributed by atoms with E-state index in [4.69, 9.17) is 21.1 Å². The number of benzene rings is 1. The number of halogens is 1. The lowest BCUT2D eigenvalue weighted by atomic mass is 10.1. The van der Waals surface area contributed by atoms with E-state index in [1.165, 1.54) is 24.8 Å². The summed E-state index contributed by atoms with van der Waals surface area (Å²) in [4.78, 5) is 2.47. The number of morpholine rings is 1. The first kappa shape index (κ1) is 15.1. The first-order chi connectivity index (χ1) is 10.3. The Balaban J connectivity index is 1.43. The van der Waals surface area contributed by atoms with Crippen LogP contribution in [0.25, 0.3) is 0 Å². The predicted octanol–water partition coefficient (Wildman–Crippen LogP) is 3.39. The summed E-state index contributed by atoms with van der Waals surface area (Å²) in [6.07, 6.45) is 4.84. The van der Waals surface area contributed by atoms with Crippen LogP contribution < -0.4 is 4.74 Å². The molecule has 2 fully saturated rings. The van der Waals surface area contributed by atoms with Crippen LogP contribution in [0, 0.1) is 5.92 Å². The second-order valence-electron chi connectivity index (χ2n) is 6.08. The van der Waals surface area contributed by atoms with Gasteiger partial charge in [-0.05, 0) is 55.8 Å². The van der Waals surface area contributed by atoms with E-state index < -0.39 is 0 Å². The van der Waals surface area contributed by atoms with Gasteiger partial charge in [0.1, 0.15) is 5.75 Å². The zero-order valence-electron chi connectivity index (χ0n) is 12.5. The van der Waals surface area contributed by atoms with Gasteiger partial charge in [-0.15, -0.1) is 0 Å². The summed E-state index contributed by atoms with van der Waals surface area (Å²) in [7, 11) is 0. The highest BCUT2D eigenvalue weighted by molar-refractivity contribution is 6.32. The number of aryl methyl sites for hydroxylation is 1. The smallest absolute Gasteiger partial charge is 0.137 e. The van der Waals surface area contributed by atoms with Crippen molar-refractivity contribution in [2.24, 2.45) is 5.92 Å². The number of hydrogen-bond donors (Lipinski definition) is 0. The molecular weight excluding hydrogens is 286 g/mol. The highest BCUT2D eigenvalue weighted by Crippen LogP contribution is 2.32. The van der Waals surface area contributed by atoms with Crippen molar-refractivity contribution in [3.05, 3.63) is 28.8 Å². The van der Waals surface area contributed by atoms with E-state index in [1.807, 2.05) is 6.07 Å². The van der Waals surface area contributed by atoms with E-state index in [0.29, 0.717) is 0 Å². The molecule has 3 nitrogen and oxygen atoms in total. The molecule has 116 valence electrons. The Morgan fingerprint density at radius 3 is 2.76 bits per heavy atom. The number of nitrogens with zero attached hydrogens (tertiary/aromatic N) is 1. The summed E-state index contributed by atoms with van der Waals surface area (Å²) in [5.74, 6) is 1.59. The Hall–Kier alpha value is -0.770. The van der Waals surface area contributed by atoms with Crippen LogP contribution in [-0.2, 0) is 11.2 Å². The van der Waals surface area contributed by atoms with Crippen LogP contribution >= 0.6 is 11.6 Å². The van der Waals surface area contributed by atoms with Crippen LogP contribution in [-0.4, -0.2) is 44.4 Å². The van der Waals surface area contributed by atoms with Crippen LogP contribution in [0.5, 0.6) is 5.75 Å². The van der Waals surface area contributed by atoms with Crippen molar-refractivity contribution in [1.82, 2.24) is 4.90 Å². The van der Waals surface area contributed by atoms with Crippen molar-refractivity contribution in [1.29, 1.82) is 0 Å². The van der Waals surface area contributed by atoms with Crippen LogP contribution in [0.15, 0.2) is 18.2 Å². The normalized spacial score (nSPS) is 19.7. The molecule has 1 aliphatic heterocycles. The quantitative estimate of drug-likeness (QED) is 0.770. The molecule has 1 saturated carbocycles. The van der Waals surface area contributed by atoms with Crippen LogP contribution in [0.3, 0.4) is 0 Å². The van der Waals surface area contributed by atoms with Crippen molar-refractivity contribution in [3.8, 4) is 5.75 Å². The van der Waals surface area contributed by atoms with E-state index in [2.05, 4.69) is 17.0 Å². The van der Waals surface area contributed by atoms with Crippen LogP contribution in [0.1, 0.15) is 24.8 Å². The molecule has 1 aromatic rings. The summed E-state index contributed by atoms with van der Waals surface area (Å²) < 4.78 is 11.1. The van der Waals surface area contributed by atoms with Gasteiger partial charge in [0.2, 0.25) is 0 Å². The average molecular weight is 310 g/mol. The molecule has 2 aliphatic rings. The molecule has 0 atom stereocenters. The molecule has 0 radical (unpaired) electrons. The Kier molecular flexibility index (Phi) is 5.39. The van der Waals surface area contributed by atoms with E-state index in [-0.39, 0.29) is 0 Å². The minimum Gasteiger partial charge on any atom is -0.492 e. The van der Waals surface area contributed by atoms with E-state index in [0.717, 1.165) is 62.6 Å². The van der Waals surface area contributed by atoms with Gasteiger partial charge >= 0.3 is 0 Å². The lowest BCUT2D eigenvalue weighted by molar-refractivity contribution is 0.0374. The van der Waals surface area contributed by atoms with E-state index >= 15 is 0 Å². The highest BCUT2D eigenvalue weighted by atomic mass is 35.5. The fraction of sp³-hybridized carbons (Fsp3) is 0.647. The van der Waals surface area contributed by atoms with Gasteiger partial charge in [-0.25, -0.2) is 0 Å². The van der Waals surface area contributed by atoms with Crippen molar-refractivity contribution < 1.29 is 9.47 Å². The third-order valence-electron chi connectivity index (χ3n) is 4.21. The van der Waals surface area contributed by atoms with Gasteiger partial charge in [-0.2, -0.15) is 0 Å². The molecule has 1 aliphatic carbocycles. The Bertz CT molecular complexity index is 456. The van der Waals surface area contributed by atoms with E-state index in [9.17, 15) is 0 Å². The fourth-order valence-electron chi connectivity index (χ4n) is 2.64. The number of rotatable bonds is 7. The second kappa shape index (κ2) is 7.48. The van der Waals surface area contributed by atoms with Crippen LogP contribution in [0.2, 0.25) is 5.02 Å². The molecule has 1 heterocycles. The Morgan fingerprint density at radius 1 is 1.24 bits per heavy atom. The Labute approximate surface area is 132 Å². The maximum Gasteiger partial charge on any atom is 0.137 e.